The Bertz CT molecular complexity index is 596. The van der Waals surface area contributed by atoms with E-state index in [-0.39, 0.29) is 5.97 Å². The maximum Gasteiger partial charge on any atom is 0.341 e. The lowest BCUT2D eigenvalue weighted by molar-refractivity contribution is 0.0525. The highest BCUT2D eigenvalue weighted by molar-refractivity contribution is 9.10. The number of esters is 1. The van der Waals surface area contributed by atoms with E-state index >= 15 is 0 Å². The quantitative estimate of drug-likeness (QED) is 0.607. The lowest BCUT2D eigenvalue weighted by Crippen LogP contribution is -2.08. The molecule has 0 unspecified atom stereocenters. The van der Waals surface area contributed by atoms with Crippen LogP contribution in [0.4, 0.5) is 0 Å². The summed E-state index contributed by atoms with van der Waals surface area (Å²) in [6.07, 6.45) is 1.56. The predicted molar refractivity (Wildman–Crippen MR) is 82.9 cm³/mol. The summed E-state index contributed by atoms with van der Waals surface area (Å²) >= 11 is 5.07. The van der Waals surface area contributed by atoms with Crippen molar-refractivity contribution in [2.24, 2.45) is 7.05 Å². The Morgan fingerprint density at radius 3 is 2.75 bits per heavy atom. The number of carbonyl (C=O) groups excluding carboxylic acids is 1. The topological polar surface area (TPSA) is 44.1 Å². The summed E-state index contributed by atoms with van der Waals surface area (Å²) < 4.78 is 7.81. The molecule has 1 heterocycles. The van der Waals surface area contributed by atoms with Crippen LogP contribution in [0.2, 0.25) is 0 Å². The molecule has 0 spiro atoms. The van der Waals surface area contributed by atoms with Crippen molar-refractivity contribution >= 4 is 33.7 Å². The third kappa shape index (κ3) is 3.64. The summed E-state index contributed by atoms with van der Waals surface area (Å²) in [6.45, 7) is 2.16. The number of hydrogen-bond donors (Lipinski definition) is 0. The van der Waals surface area contributed by atoms with Gasteiger partial charge < -0.3 is 4.74 Å². The number of aromatic nitrogens is 2. The Morgan fingerprint density at radius 1 is 1.40 bits per heavy atom. The van der Waals surface area contributed by atoms with E-state index < -0.39 is 0 Å². The van der Waals surface area contributed by atoms with Crippen molar-refractivity contribution in [3.8, 4) is 0 Å². The minimum atomic E-state index is -0.313. The molecule has 0 bridgehead atoms. The largest absolute Gasteiger partial charge is 0.462 e. The highest BCUT2D eigenvalue weighted by atomic mass is 79.9. The monoisotopic (exact) mass is 354 g/mol. The third-order valence-electron chi connectivity index (χ3n) is 2.75. The second-order valence-corrected chi connectivity index (χ2v) is 6.06. The molecule has 6 heteroatoms. The molecule has 0 aliphatic rings. The molecule has 106 valence electrons. The van der Waals surface area contributed by atoms with Crippen LogP contribution in [-0.2, 0) is 17.5 Å². The van der Waals surface area contributed by atoms with Gasteiger partial charge in [-0.3, -0.25) is 4.68 Å². The van der Waals surface area contributed by atoms with Gasteiger partial charge in [0.2, 0.25) is 0 Å². The number of nitrogens with zero attached hydrogens (tertiary/aromatic N) is 2. The smallest absolute Gasteiger partial charge is 0.341 e. The highest BCUT2D eigenvalue weighted by Crippen LogP contribution is 2.25. The molecule has 0 saturated heterocycles. The lowest BCUT2D eigenvalue weighted by atomic mass is 10.3. The van der Waals surface area contributed by atoms with Gasteiger partial charge in [-0.1, -0.05) is 15.9 Å². The van der Waals surface area contributed by atoms with E-state index in [4.69, 9.17) is 4.74 Å². The summed E-state index contributed by atoms with van der Waals surface area (Å²) in [7, 11) is 1.83. The van der Waals surface area contributed by atoms with Crippen LogP contribution < -0.4 is 0 Å². The molecule has 0 aliphatic heterocycles. The molecule has 2 rings (SSSR count). The summed E-state index contributed by atoms with van der Waals surface area (Å²) in [5.74, 6) is 0.360. The van der Waals surface area contributed by atoms with Crippen molar-refractivity contribution in [1.82, 2.24) is 9.78 Å². The Labute approximate surface area is 130 Å². The average molecular weight is 355 g/mol. The maximum absolute atomic E-state index is 11.8. The Morgan fingerprint density at radius 2 is 2.10 bits per heavy atom. The van der Waals surface area contributed by atoms with Crippen LogP contribution in [0.25, 0.3) is 0 Å². The van der Waals surface area contributed by atoms with E-state index in [1.54, 1.807) is 29.6 Å². The van der Waals surface area contributed by atoms with Gasteiger partial charge in [0.15, 0.2) is 0 Å². The first-order valence-corrected chi connectivity index (χ1v) is 7.96. The third-order valence-corrected chi connectivity index (χ3v) is 4.30. The lowest BCUT2D eigenvalue weighted by Gasteiger charge is -2.06. The number of ether oxygens (including phenoxy) is 1. The fourth-order valence-electron chi connectivity index (χ4n) is 1.70. The SMILES string of the molecule is CCOC(=O)c1cnn(C)c1CSc1ccc(Br)cc1. The van der Waals surface area contributed by atoms with Crippen LogP contribution in [0.15, 0.2) is 39.8 Å². The second-order valence-electron chi connectivity index (χ2n) is 4.09. The van der Waals surface area contributed by atoms with Crippen molar-refractivity contribution < 1.29 is 9.53 Å². The van der Waals surface area contributed by atoms with Crippen LogP contribution in [0.3, 0.4) is 0 Å². The van der Waals surface area contributed by atoms with Crippen molar-refractivity contribution in [2.75, 3.05) is 6.61 Å². The first kappa shape index (κ1) is 15.1. The molecule has 4 nitrogen and oxygen atoms in total. The zero-order valence-corrected chi connectivity index (χ0v) is 13.7. The van der Waals surface area contributed by atoms with Crippen molar-refractivity contribution in [1.29, 1.82) is 0 Å². The Kier molecular flexibility index (Phi) is 5.25. The van der Waals surface area contributed by atoms with Gasteiger partial charge in [0.25, 0.3) is 0 Å². The fourth-order valence-corrected chi connectivity index (χ4v) is 2.93. The average Bonchev–Trinajstić information content (AvgIpc) is 2.80. The molecular formula is C14H15BrN2O2S. The minimum absolute atomic E-state index is 0.313. The molecule has 2 aromatic rings. The first-order chi connectivity index (χ1) is 9.61. The zero-order chi connectivity index (χ0) is 14.5. The van der Waals surface area contributed by atoms with E-state index in [2.05, 4.69) is 21.0 Å². The van der Waals surface area contributed by atoms with Gasteiger partial charge in [-0.2, -0.15) is 5.10 Å². The minimum Gasteiger partial charge on any atom is -0.462 e. The number of aryl methyl sites for hydroxylation is 1. The number of hydrogen-bond acceptors (Lipinski definition) is 4. The van der Waals surface area contributed by atoms with Gasteiger partial charge in [0.05, 0.1) is 18.5 Å². The van der Waals surface area contributed by atoms with E-state index in [0.29, 0.717) is 17.9 Å². The van der Waals surface area contributed by atoms with Crippen LogP contribution in [0.1, 0.15) is 23.0 Å². The molecular weight excluding hydrogens is 340 g/mol. The number of benzene rings is 1. The number of halogens is 1. The van der Waals surface area contributed by atoms with Gasteiger partial charge >= 0.3 is 5.97 Å². The van der Waals surface area contributed by atoms with Crippen molar-refractivity contribution in [3.63, 3.8) is 0 Å². The molecule has 0 amide bonds. The van der Waals surface area contributed by atoms with E-state index in [1.165, 1.54) is 0 Å². The maximum atomic E-state index is 11.8. The number of rotatable bonds is 5. The van der Waals surface area contributed by atoms with Gasteiger partial charge in [0, 0.05) is 22.2 Å². The standard InChI is InChI=1S/C14H15BrN2O2S/c1-3-19-14(18)12-8-16-17(2)13(12)9-20-11-6-4-10(15)5-7-11/h4-8H,3,9H2,1-2H3. The fraction of sp³-hybridized carbons (Fsp3) is 0.286. The molecule has 0 aliphatic carbocycles. The summed E-state index contributed by atoms with van der Waals surface area (Å²) in [6, 6.07) is 8.07. The molecule has 0 atom stereocenters. The highest BCUT2D eigenvalue weighted by Gasteiger charge is 2.17. The van der Waals surface area contributed by atoms with Crippen molar-refractivity contribution in [3.05, 3.63) is 46.2 Å². The molecule has 20 heavy (non-hydrogen) atoms. The van der Waals surface area contributed by atoms with Gasteiger partial charge in [0.1, 0.15) is 5.56 Å². The van der Waals surface area contributed by atoms with Gasteiger partial charge in [-0.15, -0.1) is 11.8 Å². The summed E-state index contributed by atoms with van der Waals surface area (Å²) in [5, 5.41) is 4.14. The van der Waals surface area contributed by atoms with Crippen LogP contribution in [-0.4, -0.2) is 22.4 Å². The van der Waals surface area contributed by atoms with Crippen molar-refractivity contribution in [2.45, 2.75) is 17.6 Å². The Balaban J connectivity index is 2.11. The molecule has 1 aromatic heterocycles. The molecule has 0 N–H and O–H groups in total. The molecule has 0 fully saturated rings. The molecule has 1 aromatic carbocycles. The summed E-state index contributed by atoms with van der Waals surface area (Å²) in [5.41, 5.74) is 1.41. The number of thioether (sulfide) groups is 1. The molecule has 0 radical (unpaired) electrons. The predicted octanol–water partition coefficient (Wildman–Crippen LogP) is 3.65. The van der Waals surface area contributed by atoms with Gasteiger partial charge in [-0.25, -0.2) is 4.79 Å². The zero-order valence-electron chi connectivity index (χ0n) is 11.3. The summed E-state index contributed by atoms with van der Waals surface area (Å²) in [4.78, 5) is 13.0. The van der Waals surface area contributed by atoms with E-state index in [1.807, 2.05) is 31.3 Å². The van der Waals surface area contributed by atoms with Gasteiger partial charge in [-0.05, 0) is 31.2 Å². The Hall–Kier alpha value is -1.27. The van der Waals surface area contributed by atoms with Crippen LogP contribution in [0.5, 0.6) is 0 Å². The first-order valence-electron chi connectivity index (χ1n) is 6.18. The number of carbonyl (C=O) groups is 1. The van der Waals surface area contributed by atoms with E-state index in [0.717, 1.165) is 15.1 Å². The second kappa shape index (κ2) is 6.95. The normalized spacial score (nSPS) is 10.6. The molecule has 0 saturated carbocycles. The van der Waals surface area contributed by atoms with Crippen LogP contribution >= 0.6 is 27.7 Å². The van der Waals surface area contributed by atoms with Crippen LogP contribution in [0, 0.1) is 0 Å². The van der Waals surface area contributed by atoms with E-state index in [9.17, 15) is 4.79 Å².